The molecule has 3 rings (SSSR count). The van der Waals surface area contributed by atoms with Crippen LogP contribution in [0.25, 0.3) is 0 Å². The van der Waals surface area contributed by atoms with Gasteiger partial charge in [0.1, 0.15) is 5.60 Å². The SMILES string of the molecule is CC(C)(C)OC(=O)N1C[C@@H]2C[C@H]1C2[C@H](O)CN. The molecule has 98 valence electrons. The summed E-state index contributed by atoms with van der Waals surface area (Å²) >= 11 is 0. The quantitative estimate of drug-likeness (QED) is 0.742. The minimum absolute atomic E-state index is 0.119. The first-order valence-electron chi connectivity index (χ1n) is 6.21. The van der Waals surface area contributed by atoms with Crippen molar-refractivity contribution in [1.29, 1.82) is 0 Å². The number of nitrogens with zero attached hydrogens (tertiary/aromatic N) is 1. The Balaban J connectivity index is 1.96. The van der Waals surface area contributed by atoms with Gasteiger partial charge in [0.15, 0.2) is 0 Å². The molecular formula is C12H22N2O3. The normalized spacial score (nSPS) is 33.2. The number of carbonyl (C=O) groups is 1. The molecule has 3 N–H and O–H groups in total. The molecule has 1 unspecified atom stereocenters. The highest BCUT2D eigenvalue weighted by atomic mass is 16.6. The van der Waals surface area contributed by atoms with E-state index in [0.717, 1.165) is 6.42 Å². The number of fused-ring (bicyclic) bond motifs is 1. The van der Waals surface area contributed by atoms with Crippen LogP contribution in [0, 0.1) is 11.8 Å². The zero-order chi connectivity index (χ0) is 12.8. The Morgan fingerprint density at radius 3 is 2.76 bits per heavy atom. The van der Waals surface area contributed by atoms with Gasteiger partial charge in [0.2, 0.25) is 0 Å². The van der Waals surface area contributed by atoms with Gasteiger partial charge >= 0.3 is 6.09 Å². The number of hydrogen-bond donors (Lipinski definition) is 2. The van der Waals surface area contributed by atoms with Crippen LogP contribution in [0.2, 0.25) is 0 Å². The summed E-state index contributed by atoms with van der Waals surface area (Å²) in [5.74, 6) is 0.540. The number of amides is 1. The Labute approximate surface area is 102 Å². The van der Waals surface area contributed by atoms with Crippen molar-refractivity contribution in [2.45, 2.75) is 44.9 Å². The number of aliphatic hydroxyl groups is 1. The van der Waals surface area contributed by atoms with Gasteiger partial charge < -0.3 is 20.5 Å². The van der Waals surface area contributed by atoms with E-state index in [1.807, 2.05) is 20.8 Å². The molecule has 17 heavy (non-hydrogen) atoms. The van der Waals surface area contributed by atoms with Crippen molar-refractivity contribution in [3.63, 3.8) is 0 Å². The van der Waals surface area contributed by atoms with E-state index in [-0.39, 0.29) is 24.6 Å². The summed E-state index contributed by atoms with van der Waals surface area (Å²) in [6.45, 7) is 6.54. The van der Waals surface area contributed by atoms with Crippen molar-refractivity contribution >= 4 is 6.09 Å². The zero-order valence-electron chi connectivity index (χ0n) is 10.7. The molecule has 1 saturated carbocycles. The van der Waals surface area contributed by atoms with E-state index < -0.39 is 11.7 Å². The predicted octanol–water partition coefficient (Wildman–Crippen LogP) is 0.561. The molecule has 2 aliphatic heterocycles. The number of rotatable bonds is 2. The molecule has 2 saturated heterocycles. The molecule has 0 aromatic heterocycles. The standard InChI is InChI=1S/C12H22N2O3/c1-12(2,3)17-11(16)14-6-7-4-8(14)10(7)9(15)5-13/h7-10,15H,4-6,13H2,1-3H3/t7-,8-,9+,10?/m0/s1. The van der Waals surface area contributed by atoms with Gasteiger partial charge in [-0.3, -0.25) is 0 Å². The molecule has 4 atom stereocenters. The molecule has 1 aliphatic carbocycles. The van der Waals surface area contributed by atoms with Crippen molar-refractivity contribution in [2.75, 3.05) is 13.1 Å². The van der Waals surface area contributed by atoms with Crippen LogP contribution in [0.1, 0.15) is 27.2 Å². The predicted molar refractivity (Wildman–Crippen MR) is 63.4 cm³/mol. The minimum Gasteiger partial charge on any atom is -0.444 e. The molecule has 0 radical (unpaired) electrons. The van der Waals surface area contributed by atoms with E-state index in [0.29, 0.717) is 12.5 Å². The lowest BCUT2D eigenvalue weighted by atomic mass is 9.70. The number of carbonyl (C=O) groups excluding carboxylic acids is 1. The van der Waals surface area contributed by atoms with Crippen molar-refractivity contribution in [3.8, 4) is 0 Å². The van der Waals surface area contributed by atoms with Crippen molar-refractivity contribution in [3.05, 3.63) is 0 Å². The molecule has 2 bridgehead atoms. The molecule has 3 aliphatic rings. The Bertz CT molecular complexity index is 313. The van der Waals surface area contributed by atoms with Crippen LogP contribution in [0.4, 0.5) is 4.79 Å². The molecule has 5 nitrogen and oxygen atoms in total. The fraction of sp³-hybridized carbons (Fsp3) is 0.917. The van der Waals surface area contributed by atoms with Gasteiger partial charge in [-0.2, -0.15) is 0 Å². The summed E-state index contributed by atoms with van der Waals surface area (Å²) in [6, 6.07) is 0.119. The third kappa shape index (κ3) is 2.26. The zero-order valence-corrected chi connectivity index (χ0v) is 10.7. The number of hydrogen-bond acceptors (Lipinski definition) is 4. The molecule has 0 spiro atoms. The molecule has 5 heteroatoms. The maximum absolute atomic E-state index is 11.9. The van der Waals surface area contributed by atoms with Crippen LogP contribution < -0.4 is 5.73 Å². The average molecular weight is 242 g/mol. The van der Waals surface area contributed by atoms with Crippen molar-refractivity contribution in [1.82, 2.24) is 4.90 Å². The Morgan fingerprint density at radius 1 is 1.59 bits per heavy atom. The van der Waals surface area contributed by atoms with E-state index >= 15 is 0 Å². The molecule has 1 amide bonds. The van der Waals surface area contributed by atoms with Gasteiger partial charge in [-0.15, -0.1) is 0 Å². The number of aliphatic hydroxyl groups excluding tert-OH is 1. The molecule has 2 heterocycles. The first-order valence-corrected chi connectivity index (χ1v) is 6.21. The van der Waals surface area contributed by atoms with E-state index in [1.54, 1.807) is 4.90 Å². The maximum atomic E-state index is 11.9. The van der Waals surface area contributed by atoms with Crippen molar-refractivity contribution in [2.24, 2.45) is 17.6 Å². The largest absolute Gasteiger partial charge is 0.444 e. The van der Waals surface area contributed by atoms with E-state index in [1.165, 1.54) is 0 Å². The summed E-state index contributed by atoms with van der Waals surface area (Å²) in [7, 11) is 0. The summed E-state index contributed by atoms with van der Waals surface area (Å²) in [6.07, 6.45) is 0.212. The van der Waals surface area contributed by atoms with Crippen molar-refractivity contribution < 1.29 is 14.6 Å². The lowest BCUT2D eigenvalue weighted by Crippen LogP contribution is -2.49. The van der Waals surface area contributed by atoms with Gasteiger partial charge in [0.05, 0.1) is 6.10 Å². The maximum Gasteiger partial charge on any atom is 0.410 e. The lowest BCUT2D eigenvalue weighted by molar-refractivity contribution is -0.00181. The van der Waals surface area contributed by atoms with Crippen LogP contribution in [-0.2, 0) is 4.74 Å². The highest BCUT2D eigenvalue weighted by molar-refractivity contribution is 5.69. The average Bonchev–Trinajstić information content (AvgIpc) is 2.71. The smallest absolute Gasteiger partial charge is 0.410 e. The molecular weight excluding hydrogens is 220 g/mol. The fourth-order valence-electron chi connectivity index (χ4n) is 2.92. The van der Waals surface area contributed by atoms with E-state index in [2.05, 4.69) is 0 Å². The van der Waals surface area contributed by atoms with Crippen LogP contribution in [-0.4, -0.2) is 46.9 Å². The molecule has 3 fully saturated rings. The lowest BCUT2D eigenvalue weighted by Gasteiger charge is -2.39. The third-order valence-corrected chi connectivity index (χ3v) is 3.68. The summed E-state index contributed by atoms with van der Waals surface area (Å²) in [5.41, 5.74) is 5.01. The van der Waals surface area contributed by atoms with Gasteiger partial charge in [0.25, 0.3) is 0 Å². The second-order valence-electron chi connectivity index (χ2n) is 6.08. The van der Waals surface area contributed by atoms with Gasteiger partial charge in [-0.05, 0) is 33.1 Å². The minimum atomic E-state index is -0.494. The highest BCUT2D eigenvalue weighted by Crippen LogP contribution is 2.48. The Hall–Kier alpha value is -0.810. The fourth-order valence-corrected chi connectivity index (χ4v) is 2.92. The number of nitrogens with two attached hydrogens (primary N) is 1. The van der Waals surface area contributed by atoms with E-state index in [9.17, 15) is 9.90 Å². The van der Waals surface area contributed by atoms with Gasteiger partial charge in [0, 0.05) is 25.0 Å². The molecule has 0 aromatic rings. The Morgan fingerprint density at radius 2 is 2.24 bits per heavy atom. The van der Waals surface area contributed by atoms with Crippen LogP contribution in [0.15, 0.2) is 0 Å². The highest BCUT2D eigenvalue weighted by Gasteiger charge is 2.56. The summed E-state index contributed by atoms with van der Waals surface area (Å²) in [4.78, 5) is 13.7. The first-order chi connectivity index (χ1) is 7.83. The summed E-state index contributed by atoms with van der Waals surface area (Å²) < 4.78 is 5.35. The monoisotopic (exact) mass is 242 g/mol. The van der Waals surface area contributed by atoms with Gasteiger partial charge in [-0.25, -0.2) is 4.79 Å². The van der Waals surface area contributed by atoms with Crippen LogP contribution >= 0.6 is 0 Å². The van der Waals surface area contributed by atoms with Gasteiger partial charge in [-0.1, -0.05) is 0 Å². The van der Waals surface area contributed by atoms with E-state index in [4.69, 9.17) is 10.5 Å². The topological polar surface area (TPSA) is 75.8 Å². The summed E-state index contributed by atoms with van der Waals surface area (Å²) in [5, 5.41) is 9.79. The van der Waals surface area contributed by atoms with Crippen LogP contribution in [0.5, 0.6) is 0 Å². The molecule has 0 aromatic carbocycles. The second kappa shape index (κ2) is 4.14. The number of ether oxygens (including phenoxy) is 1. The first kappa shape index (κ1) is 12.6. The second-order valence-corrected chi connectivity index (χ2v) is 6.08. The Kier molecular flexibility index (Phi) is 3.08. The van der Waals surface area contributed by atoms with Crippen LogP contribution in [0.3, 0.4) is 0 Å². The third-order valence-electron chi connectivity index (χ3n) is 3.68.